The fourth-order valence-corrected chi connectivity index (χ4v) is 1.26. The molecular weight excluding hydrogens is 150 g/mol. The second kappa shape index (κ2) is 2.79. The SMILES string of the molecule is CCc1cnc(C(=O)O)s1. The Bertz CT molecular complexity index is 244. The Morgan fingerprint density at radius 1 is 1.90 bits per heavy atom. The van der Waals surface area contributed by atoms with Crippen molar-refractivity contribution in [2.75, 3.05) is 0 Å². The Hall–Kier alpha value is -0.900. The molecule has 54 valence electrons. The Balaban J connectivity index is 2.88. The number of rotatable bonds is 2. The van der Waals surface area contributed by atoms with Gasteiger partial charge in [-0.25, -0.2) is 9.78 Å². The fourth-order valence-electron chi connectivity index (χ4n) is 0.570. The molecule has 1 aromatic rings. The molecular formula is C6H7NO2S. The third-order valence-corrected chi connectivity index (χ3v) is 2.21. The lowest BCUT2D eigenvalue weighted by Crippen LogP contribution is -1.92. The first-order valence-electron chi connectivity index (χ1n) is 2.92. The van der Waals surface area contributed by atoms with Crippen LogP contribution in [0.4, 0.5) is 0 Å². The van der Waals surface area contributed by atoms with Gasteiger partial charge in [0.05, 0.1) is 0 Å². The zero-order chi connectivity index (χ0) is 7.56. The van der Waals surface area contributed by atoms with Gasteiger partial charge in [0.25, 0.3) is 0 Å². The van der Waals surface area contributed by atoms with Crippen LogP contribution in [0.2, 0.25) is 0 Å². The highest BCUT2D eigenvalue weighted by Gasteiger charge is 2.06. The van der Waals surface area contributed by atoms with Crippen molar-refractivity contribution in [3.8, 4) is 0 Å². The van der Waals surface area contributed by atoms with Gasteiger partial charge < -0.3 is 5.11 Å². The van der Waals surface area contributed by atoms with Gasteiger partial charge in [0.15, 0.2) is 0 Å². The lowest BCUT2D eigenvalue weighted by Gasteiger charge is -1.81. The Kier molecular flexibility index (Phi) is 2.01. The molecule has 0 spiro atoms. The van der Waals surface area contributed by atoms with E-state index in [1.165, 1.54) is 11.3 Å². The number of hydrogen-bond donors (Lipinski definition) is 1. The molecule has 0 saturated carbocycles. The molecule has 1 heterocycles. The molecule has 0 saturated heterocycles. The van der Waals surface area contributed by atoms with E-state index in [1.807, 2.05) is 6.92 Å². The summed E-state index contributed by atoms with van der Waals surface area (Å²) >= 11 is 1.23. The van der Waals surface area contributed by atoms with Crippen LogP contribution < -0.4 is 0 Å². The van der Waals surface area contributed by atoms with Crippen molar-refractivity contribution in [2.24, 2.45) is 0 Å². The Morgan fingerprint density at radius 2 is 2.60 bits per heavy atom. The summed E-state index contributed by atoms with van der Waals surface area (Å²) in [5, 5.41) is 8.62. The number of aromatic nitrogens is 1. The van der Waals surface area contributed by atoms with E-state index in [-0.39, 0.29) is 5.01 Å². The molecule has 0 aliphatic carbocycles. The van der Waals surface area contributed by atoms with Crippen LogP contribution in [0.25, 0.3) is 0 Å². The molecule has 0 aliphatic rings. The van der Waals surface area contributed by atoms with Gasteiger partial charge in [0.2, 0.25) is 5.01 Å². The Morgan fingerprint density at radius 3 is 2.90 bits per heavy atom. The van der Waals surface area contributed by atoms with Crippen molar-refractivity contribution in [1.82, 2.24) is 4.98 Å². The predicted octanol–water partition coefficient (Wildman–Crippen LogP) is 1.40. The summed E-state index contributed by atoms with van der Waals surface area (Å²) in [6, 6.07) is 0. The summed E-state index contributed by atoms with van der Waals surface area (Å²) in [6.45, 7) is 1.97. The third-order valence-electron chi connectivity index (χ3n) is 1.08. The summed E-state index contributed by atoms with van der Waals surface area (Å²) in [5.41, 5.74) is 0. The predicted molar refractivity (Wildman–Crippen MR) is 38.5 cm³/mol. The van der Waals surface area contributed by atoms with Crippen LogP contribution >= 0.6 is 11.3 Å². The minimum Gasteiger partial charge on any atom is -0.476 e. The molecule has 1 aromatic heterocycles. The summed E-state index contributed by atoms with van der Waals surface area (Å²) < 4.78 is 0. The first-order valence-corrected chi connectivity index (χ1v) is 3.73. The minimum atomic E-state index is -0.940. The molecule has 0 aromatic carbocycles. The quantitative estimate of drug-likeness (QED) is 0.706. The molecule has 0 unspecified atom stereocenters. The lowest BCUT2D eigenvalue weighted by atomic mass is 10.4. The van der Waals surface area contributed by atoms with Gasteiger partial charge in [-0.15, -0.1) is 11.3 Å². The molecule has 0 radical (unpaired) electrons. The number of carboxylic acids is 1. The summed E-state index contributed by atoms with van der Waals surface area (Å²) in [5.74, 6) is -0.940. The number of aryl methyl sites for hydroxylation is 1. The van der Waals surface area contributed by atoms with Crippen molar-refractivity contribution in [2.45, 2.75) is 13.3 Å². The van der Waals surface area contributed by atoms with E-state index >= 15 is 0 Å². The van der Waals surface area contributed by atoms with E-state index < -0.39 is 5.97 Å². The van der Waals surface area contributed by atoms with Gasteiger partial charge in [0.1, 0.15) is 0 Å². The molecule has 1 N–H and O–H groups in total. The normalized spacial score (nSPS) is 9.70. The number of aromatic carboxylic acids is 1. The van der Waals surface area contributed by atoms with Crippen LogP contribution in [0, 0.1) is 0 Å². The number of thiazole rings is 1. The smallest absolute Gasteiger partial charge is 0.365 e. The standard InChI is InChI=1S/C6H7NO2S/c1-2-4-3-7-5(10-4)6(8)9/h3H,2H2,1H3,(H,8,9). The first kappa shape index (κ1) is 7.21. The zero-order valence-corrected chi connectivity index (χ0v) is 6.31. The number of nitrogens with zero attached hydrogens (tertiary/aromatic N) is 1. The second-order valence-corrected chi connectivity index (χ2v) is 2.91. The molecule has 1 rings (SSSR count). The van der Waals surface area contributed by atoms with Gasteiger partial charge in [-0.3, -0.25) is 0 Å². The topological polar surface area (TPSA) is 50.2 Å². The van der Waals surface area contributed by atoms with Crippen LogP contribution in [0.3, 0.4) is 0 Å². The zero-order valence-electron chi connectivity index (χ0n) is 5.50. The molecule has 4 heteroatoms. The van der Waals surface area contributed by atoms with Gasteiger partial charge >= 0.3 is 5.97 Å². The summed E-state index contributed by atoms with van der Waals surface area (Å²) in [6.07, 6.45) is 2.46. The fraction of sp³-hybridized carbons (Fsp3) is 0.333. The second-order valence-electron chi connectivity index (χ2n) is 1.79. The van der Waals surface area contributed by atoms with Gasteiger partial charge in [-0.05, 0) is 6.42 Å². The van der Waals surface area contributed by atoms with E-state index in [2.05, 4.69) is 4.98 Å². The monoisotopic (exact) mass is 157 g/mol. The maximum atomic E-state index is 10.3. The minimum absolute atomic E-state index is 0.178. The van der Waals surface area contributed by atoms with Crippen LogP contribution in [0.1, 0.15) is 21.6 Å². The average Bonchev–Trinajstić information content (AvgIpc) is 2.34. The van der Waals surface area contributed by atoms with Crippen molar-refractivity contribution in [3.63, 3.8) is 0 Å². The van der Waals surface area contributed by atoms with Gasteiger partial charge in [0, 0.05) is 11.1 Å². The third kappa shape index (κ3) is 1.33. The number of carbonyl (C=O) groups is 1. The van der Waals surface area contributed by atoms with Crippen LogP contribution in [-0.2, 0) is 6.42 Å². The van der Waals surface area contributed by atoms with E-state index in [0.29, 0.717) is 0 Å². The molecule has 0 bridgehead atoms. The number of hydrogen-bond acceptors (Lipinski definition) is 3. The lowest BCUT2D eigenvalue weighted by molar-refractivity contribution is 0.0696. The number of carboxylic acid groups (broad SMARTS) is 1. The highest BCUT2D eigenvalue weighted by Crippen LogP contribution is 2.12. The van der Waals surface area contributed by atoms with Crippen LogP contribution in [-0.4, -0.2) is 16.1 Å². The van der Waals surface area contributed by atoms with E-state index in [4.69, 9.17) is 5.11 Å². The van der Waals surface area contributed by atoms with Crippen molar-refractivity contribution >= 4 is 17.3 Å². The van der Waals surface area contributed by atoms with E-state index in [9.17, 15) is 4.79 Å². The molecule has 0 atom stereocenters. The molecule has 0 amide bonds. The molecule has 0 aliphatic heterocycles. The Labute approximate surface area is 62.3 Å². The van der Waals surface area contributed by atoms with Crippen molar-refractivity contribution in [1.29, 1.82) is 0 Å². The average molecular weight is 157 g/mol. The first-order chi connectivity index (χ1) is 4.74. The largest absolute Gasteiger partial charge is 0.476 e. The van der Waals surface area contributed by atoms with Gasteiger partial charge in [-0.2, -0.15) is 0 Å². The van der Waals surface area contributed by atoms with E-state index in [0.717, 1.165) is 11.3 Å². The maximum Gasteiger partial charge on any atom is 0.365 e. The highest BCUT2D eigenvalue weighted by atomic mass is 32.1. The molecule has 0 fully saturated rings. The van der Waals surface area contributed by atoms with Gasteiger partial charge in [-0.1, -0.05) is 6.92 Å². The molecule has 10 heavy (non-hydrogen) atoms. The molecule has 3 nitrogen and oxygen atoms in total. The summed E-state index contributed by atoms with van der Waals surface area (Å²) in [4.78, 5) is 15.0. The van der Waals surface area contributed by atoms with Crippen LogP contribution in [0.5, 0.6) is 0 Å². The maximum absolute atomic E-state index is 10.3. The summed E-state index contributed by atoms with van der Waals surface area (Å²) in [7, 11) is 0. The van der Waals surface area contributed by atoms with Crippen molar-refractivity contribution in [3.05, 3.63) is 16.1 Å². The van der Waals surface area contributed by atoms with E-state index in [1.54, 1.807) is 6.20 Å². The van der Waals surface area contributed by atoms with Crippen molar-refractivity contribution < 1.29 is 9.90 Å². The highest BCUT2D eigenvalue weighted by molar-refractivity contribution is 7.13. The van der Waals surface area contributed by atoms with Crippen LogP contribution in [0.15, 0.2) is 6.20 Å².